The second kappa shape index (κ2) is 6.13. The van der Waals surface area contributed by atoms with E-state index in [1.807, 2.05) is 0 Å². The van der Waals surface area contributed by atoms with Crippen molar-refractivity contribution >= 4 is 11.6 Å². The second-order valence-corrected chi connectivity index (χ2v) is 4.67. The van der Waals surface area contributed by atoms with E-state index in [1.165, 1.54) is 18.2 Å². The number of carbonyl (C=O) groups excluding carboxylic acids is 1. The Bertz CT molecular complexity index is 473. The van der Waals surface area contributed by atoms with Gasteiger partial charge in [0.1, 0.15) is 0 Å². The molecule has 20 heavy (non-hydrogen) atoms. The van der Waals surface area contributed by atoms with Gasteiger partial charge in [0, 0.05) is 0 Å². The first-order valence-corrected chi connectivity index (χ1v) is 6.29. The Morgan fingerprint density at radius 1 is 1.30 bits per heavy atom. The maximum absolute atomic E-state index is 12.2. The van der Waals surface area contributed by atoms with Crippen LogP contribution in [0, 0.1) is 5.92 Å². The molecule has 0 aromatic heterocycles. The number of alkyl halides is 3. The fourth-order valence-electron chi connectivity index (χ4n) is 1.69. The van der Waals surface area contributed by atoms with E-state index in [0.717, 1.165) is 25.5 Å². The standard InChI is InChI=1S/C13H15F3N2O2/c14-13(15,16)20-11-4-2-1-3-10(11)18-12(19)8-17-7-9-5-6-9/h1-4,9,17H,5-8H2,(H,18,19). The number of hydrogen-bond acceptors (Lipinski definition) is 3. The lowest BCUT2D eigenvalue weighted by molar-refractivity contribution is -0.274. The molecule has 0 bridgehead atoms. The number of benzene rings is 1. The molecule has 0 unspecified atom stereocenters. The predicted octanol–water partition coefficient (Wildman–Crippen LogP) is 2.52. The Morgan fingerprint density at radius 3 is 2.65 bits per heavy atom. The van der Waals surface area contributed by atoms with E-state index in [0.29, 0.717) is 5.92 Å². The van der Waals surface area contributed by atoms with Crippen LogP contribution in [-0.2, 0) is 4.79 Å². The van der Waals surface area contributed by atoms with Crippen molar-refractivity contribution in [2.45, 2.75) is 19.2 Å². The van der Waals surface area contributed by atoms with E-state index in [4.69, 9.17) is 0 Å². The highest BCUT2D eigenvalue weighted by Crippen LogP contribution is 2.30. The number of anilines is 1. The summed E-state index contributed by atoms with van der Waals surface area (Å²) in [5.41, 5.74) is 0.00282. The smallest absolute Gasteiger partial charge is 0.404 e. The van der Waals surface area contributed by atoms with Crippen LogP contribution in [0.5, 0.6) is 5.75 Å². The second-order valence-electron chi connectivity index (χ2n) is 4.67. The minimum atomic E-state index is -4.79. The van der Waals surface area contributed by atoms with Gasteiger partial charge in [0.2, 0.25) is 5.91 Å². The molecule has 1 fully saturated rings. The van der Waals surface area contributed by atoms with E-state index in [9.17, 15) is 18.0 Å². The molecule has 1 saturated carbocycles. The molecule has 0 heterocycles. The molecular weight excluding hydrogens is 273 g/mol. The minimum absolute atomic E-state index is 0.00282. The summed E-state index contributed by atoms with van der Waals surface area (Å²) in [6, 6.07) is 5.44. The highest BCUT2D eigenvalue weighted by atomic mass is 19.4. The van der Waals surface area contributed by atoms with Crippen LogP contribution in [0.15, 0.2) is 24.3 Å². The lowest BCUT2D eigenvalue weighted by Crippen LogP contribution is -2.29. The van der Waals surface area contributed by atoms with Gasteiger partial charge < -0.3 is 15.4 Å². The lowest BCUT2D eigenvalue weighted by Gasteiger charge is -2.14. The molecule has 2 N–H and O–H groups in total. The van der Waals surface area contributed by atoms with Crippen LogP contribution in [0.3, 0.4) is 0 Å². The molecule has 0 aliphatic heterocycles. The Hall–Kier alpha value is -1.76. The quantitative estimate of drug-likeness (QED) is 0.845. The van der Waals surface area contributed by atoms with Crippen molar-refractivity contribution in [1.82, 2.24) is 5.32 Å². The number of para-hydroxylation sites is 2. The summed E-state index contributed by atoms with van der Waals surface area (Å²) in [5.74, 6) is -0.192. The number of ether oxygens (including phenoxy) is 1. The van der Waals surface area contributed by atoms with Crippen molar-refractivity contribution in [3.8, 4) is 5.75 Å². The summed E-state index contributed by atoms with van der Waals surface area (Å²) in [6.45, 7) is 0.824. The largest absolute Gasteiger partial charge is 0.573 e. The van der Waals surface area contributed by atoms with Crippen LogP contribution < -0.4 is 15.4 Å². The van der Waals surface area contributed by atoms with Gasteiger partial charge in [0.15, 0.2) is 5.75 Å². The van der Waals surface area contributed by atoms with E-state index in [2.05, 4.69) is 15.4 Å². The average Bonchev–Trinajstić information content (AvgIpc) is 3.14. The number of amides is 1. The number of halogens is 3. The summed E-state index contributed by atoms with van der Waals surface area (Å²) >= 11 is 0. The van der Waals surface area contributed by atoms with Gasteiger partial charge in [-0.1, -0.05) is 12.1 Å². The molecule has 2 rings (SSSR count). The Balaban J connectivity index is 1.88. The first-order valence-electron chi connectivity index (χ1n) is 6.29. The minimum Gasteiger partial charge on any atom is -0.404 e. The third-order valence-corrected chi connectivity index (χ3v) is 2.80. The SMILES string of the molecule is O=C(CNCC1CC1)Nc1ccccc1OC(F)(F)F. The molecule has 0 atom stereocenters. The average molecular weight is 288 g/mol. The van der Waals surface area contributed by atoms with Crippen LogP contribution in [0.4, 0.5) is 18.9 Å². The van der Waals surface area contributed by atoms with Crippen LogP contribution in [-0.4, -0.2) is 25.4 Å². The molecule has 1 amide bonds. The number of rotatable bonds is 6. The van der Waals surface area contributed by atoms with Crippen molar-refractivity contribution in [3.05, 3.63) is 24.3 Å². The van der Waals surface area contributed by atoms with Crippen molar-refractivity contribution in [1.29, 1.82) is 0 Å². The molecular formula is C13H15F3N2O2. The van der Waals surface area contributed by atoms with Crippen molar-refractivity contribution in [2.24, 2.45) is 5.92 Å². The third kappa shape index (κ3) is 5.08. The number of nitrogens with one attached hydrogen (secondary N) is 2. The van der Waals surface area contributed by atoms with Crippen LogP contribution in [0.2, 0.25) is 0 Å². The third-order valence-electron chi connectivity index (χ3n) is 2.80. The van der Waals surface area contributed by atoms with E-state index < -0.39 is 18.0 Å². The van der Waals surface area contributed by atoms with Gasteiger partial charge in [0.25, 0.3) is 0 Å². The fraction of sp³-hybridized carbons (Fsp3) is 0.462. The first-order chi connectivity index (χ1) is 9.44. The van der Waals surface area contributed by atoms with Crippen LogP contribution in [0.25, 0.3) is 0 Å². The summed E-state index contributed by atoms with van der Waals surface area (Å²) in [4.78, 5) is 11.6. The molecule has 1 aliphatic carbocycles. The summed E-state index contributed by atoms with van der Waals surface area (Å²) in [6.07, 6.45) is -2.46. The molecule has 0 radical (unpaired) electrons. The fourth-order valence-corrected chi connectivity index (χ4v) is 1.69. The van der Waals surface area contributed by atoms with Gasteiger partial charge in [0.05, 0.1) is 12.2 Å². The Kier molecular flexibility index (Phi) is 4.49. The van der Waals surface area contributed by atoms with E-state index in [-0.39, 0.29) is 12.2 Å². The monoisotopic (exact) mass is 288 g/mol. The molecule has 1 aromatic carbocycles. The maximum atomic E-state index is 12.2. The molecule has 0 saturated heterocycles. The van der Waals surface area contributed by atoms with Gasteiger partial charge >= 0.3 is 6.36 Å². The molecule has 7 heteroatoms. The molecule has 1 aromatic rings. The van der Waals surface area contributed by atoms with Gasteiger partial charge in [-0.15, -0.1) is 13.2 Å². The van der Waals surface area contributed by atoms with Gasteiger partial charge in [-0.3, -0.25) is 4.79 Å². The zero-order valence-corrected chi connectivity index (χ0v) is 10.7. The normalized spacial score (nSPS) is 14.9. The van der Waals surface area contributed by atoms with E-state index >= 15 is 0 Å². The first kappa shape index (κ1) is 14.6. The van der Waals surface area contributed by atoms with Crippen LogP contribution in [0.1, 0.15) is 12.8 Å². The molecule has 110 valence electrons. The zero-order chi connectivity index (χ0) is 14.6. The van der Waals surface area contributed by atoms with Gasteiger partial charge in [-0.05, 0) is 37.4 Å². The summed E-state index contributed by atoms with van der Waals surface area (Å²) < 4.78 is 40.5. The summed E-state index contributed by atoms with van der Waals surface area (Å²) in [7, 11) is 0. The predicted molar refractivity (Wildman–Crippen MR) is 67.3 cm³/mol. The number of hydrogen-bond donors (Lipinski definition) is 2. The molecule has 0 spiro atoms. The van der Waals surface area contributed by atoms with Crippen molar-refractivity contribution in [3.63, 3.8) is 0 Å². The van der Waals surface area contributed by atoms with Gasteiger partial charge in [-0.2, -0.15) is 0 Å². The Labute approximate surface area is 114 Å². The highest BCUT2D eigenvalue weighted by Gasteiger charge is 2.32. The van der Waals surface area contributed by atoms with Gasteiger partial charge in [-0.25, -0.2) is 0 Å². The lowest BCUT2D eigenvalue weighted by atomic mass is 10.3. The van der Waals surface area contributed by atoms with Crippen molar-refractivity contribution in [2.75, 3.05) is 18.4 Å². The highest BCUT2D eigenvalue weighted by molar-refractivity contribution is 5.93. The van der Waals surface area contributed by atoms with Crippen molar-refractivity contribution < 1.29 is 22.7 Å². The Morgan fingerprint density at radius 2 is 2.00 bits per heavy atom. The van der Waals surface area contributed by atoms with Crippen LogP contribution >= 0.6 is 0 Å². The molecule has 1 aliphatic rings. The van der Waals surface area contributed by atoms with E-state index in [1.54, 1.807) is 0 Å². The maximum Gasteiger partial charge on any atom is 0.573 e. The molecule has 4 nitrogen and oxygen atoms in total. The number of carbonyl (C=O) groups is 1. The topological polar surface area (TPSA) is 50.4 Å². The zero-order valence-electron chi connectivity index (χ0n) is 10.7. The summed E-state index contributed by atoms with van der Waals surface area (Å²) in [5, 5.41) is 5.36.